The summed E-state index contributed by atoms with van der Waals surface area (Å²) in [5.41, 5.74) is 2.84. The largest absolute Gasteiger partial charge is 0.462 e. The van der Waals surface area contributed by atoms with Gasteiger partial charge in [0.05, 0.1) is 12.0 Å². The minimum Gasteiger partial charge on any atom is -0.462 e. The fourth-order valence-electron chi connectivity index (χ4n) is 2.98. The maximum Gasteiger partial charge on any atom is 0.348 e. The topological polar surface area (TPSA) is 72.0 Å². The molecule has 142 valence electrons. The Hall–Kier alpha value is -2.47. The van der Waals surface area contributed by atoms with Crippen LogP contribution in [0.3, 0.4) is 0 Å². The molecule has 0 bridgehead atoms. The van der Waals surface area contributed by atoms with Crippen molar-refractivity contribution in [1.29, 1.82) is 0 Å². The van der Waals surface area contributed by atoms with Gasteiger partial charge in [-0.1, -0.05) is 45.0 Å². The zero-order valence-electron chi connectivity index (χ0n) is 16.3. The zero-order chi connectivity index (χ0) is 19.8. The van der Waals surface area contributed by atoms with E-state index in [9.17, 15) is 9.59 Å². The number of ether oxygens (including phenoxy) is 1. The SMILES string of the molecule is CCOC(=O)c1sc2nc(Cc3ccc(C(C)(C)C)cc3)[nH]c(=O)c2c1C. The Balaban J connectivity index is 1.94. The lowest BCUT2D eigenvalue weighted by atomic mass is 9.86. The van der Waals surface area contributed by atoms with Crippen LogP contribution in [0.4, 0.5) is 0 Å². The van der Waals surface area contributed by atoms with E-state index in [4.69, 9.17) is 4.74 Å². The number of nitrogens with zero attached hydrogens (tertiary/aromatic N) is 1. The molecule has 3 aromatic rings. The Kier molecular flexibility index (Phi) is 5.20. The average molecular weight is 385 g/mol. The predicted octanol–water partition coefficient (Wildman–Crippen LogP) is 4.36. The number of thiophene rings is 1. The molecule has 2 aromatic heterocycles. The summed E-state index contributed by atoms with van der Waals surface area (Å²) in [4.78, 5) is 33.1. The molecule has 2 heterocycles. The molecule has 0 atom stereocenters. The summed E-state index contributed by atoms with van der Waals surface area (Å²) in [7, 11) is 0. The van der Waals surface area contributed by atoms with E-state index in [0.717, 1.165) is 5.56 Å². The first-order chi connectivity index (χ1) is 12.7. The van der Waals surface area contributed by atoms with Crippen LogP contribution in [0.2, 0.25) is 0 Å². The maximum atomic E-state index is 12.5. The molecule has 0 spiro atoms. The summed E-state index contributed by atoms with van der Waals surface area (Å²) in [6.45, 7) is 10.3. The van der Waals surface area contributed by atoms with Crippen LogP contribution in [-0.4, -0.2) is 22.5 Å². The molecule has 0 saturated heterocycles. The highest BCUT2D eigenvalue weighted by Crippen LogP contribution is 2.28. The number of carbonyl (C=O) groups is 1. The first kappa shape index (κ1) is 19.3. The molecule has 0 aliphatic rings. The normalized spacial score (nSPS) is 11.7. The molecule has 6 heteroatoms. The molecule has 5 nitrogen and oxygen atoms in total. The summed E-state index contributed by atoms with van der Waals surface area (Å²) >= 11 is 1.21. The van der Waals surface area contributed by atoms with Crippen LogP contribution < -0.4 is 5.56 Å². The maximum absolute atomic E-state index is 12.5. The quantitative estimate of drug-likeness (QED) is 0.679. The van der Waals surface area contributed by atoms with Gasteiger partial charge in [0, 0.05) is 6.42 Å². The van der Waals surface area contributed by atoms with Gasteiger partial charge in [-0.15, -0.1) is 11.3 Å². The lowest BCUT2D eigenvalue weighted by Crippen LogP contribution is -2.13. The second kappa shape index (κ2) is 7.27. The van der Waals surface area contributed by atoms with E-state index in [0.29, 0.717) is 39.5 Å². The highest BCUT2D eigenvalue weighted by molar-refractivity contribution is 7.20. The Morgan fingerprint density at radius 2 is 1.89 bits per heavy atom. The molecular weight excluding hydrogens is 360 g/mol. The van der Waals surface area contributed by atoms with Gasteiger partial charge in [0.1, 0.15) is 15.5 Å². The fraction of sp³-hybridized carbons (Fsp3) is 0.381. The van der Waals surface area contributed by atoms with Crippen molar-refractivity contribution >= 4 is 27.5 Å². The number of aromatic amines is 1. The monoisotopic (exact) mass is 384 g/mol. The van der Waals surface area contributed by atoms with Crippen LogP contribution in [0.25, 0.3) is 10.2 Å². The van der Waals surface area contributed by atoms with Gasteiger partial charge in [0.15, 0.2) is 0 Å². The number of carbonyl (C=O) groups excluding carboxylic acids is 1. The molecule has 27 heavy (non-hydrogen) atoms. The summed E-state index contributed by atoms with van der Waals surface area (Å²) < 4.78 is 5.07. The minimum atomic E-state index is -0.406. The number of esters is 1. The van der Waals surface area contributed by atoms with E-state index in [1.807, 2.05) is 0 Å². The first-order valence-corrected chi connectivity index (χ1v) is 9.81. The lowest BCUT2D eigenvalue weighted by Gasteiger charge is -2.19. The Labute approximate surface area is 162 Å². The molecule has 0 aliphatic carbocycles. The van der Waals surface area contributed by atoms with Gasteiger partial charge >= 0.3 is 5.97 Å². The molecule has 0 amide bonds. The summed E-state index contributed by atoms with van der Waals surface area (Å²) in [6, 6.07) is 8.35. The van der Waals surface area contributed by atoms with Crippen molar-refractivity contribution in [1.82, 2.24) is 9.97 Å². The van der Waals surface area contributed by atoms with Gasteiger partial charge in [-0.2, -0.15) is 0 Å². The molecule has 1 N–H and O–H groups in total. The third kappa shape index (κ3) is 3.95. The average Bonchev–Trinajstić information content (AvgIpc) is 2.92. The molecular formula is C21H24N2O3S. The molecule has 0 unspecified atom stereocenters. The molecule has 0 fully saturated rings. The third-order valence-corrected chi connectivity index (χ3v) is 5.67. The van der Waals surface area contributed by atoms with Crippen molar-refractivity contribution in [3.63, 3.8) is 0 Å². The summed E-state index contributed by atoms with van der Waals surface area (Å²) in [5.74, 6) is 0.185. The van der Waals surface area contributed by atoms with Crippen LogP contribution in [-0.2, 0) is 16.6 Å². The fourth-order valence-corrected chi connectivity index (χ4v) is 4.07. The number of rotatable bonds is 4. The molecule has 0 aliphatic heterocycles. The second-order valence-electron chi connectivity index (χ2n) is 7.59. The smallest absolute Gasteiger partial charge is 0.348 e. The van der Waals surface area contributed by atoms with Crippen molar-refractivity contribution in [2.75, 3.05) is 6.61 Å². The summed E-state index contributed by atoms with van der Waals surface area (Å²) in [5, 5.41) is 0.467. The Bertz CT molecular complexity index is 1040. The van der Waals surface area contributed by atoms with Crippen molar-refractivity contribution in [2.24, 2.45) is 0 Å². The van der Waals surface area contributed by atoms with Crippen LogP contribution in [0.1, 0.15) is 59.9 Å². The van der Waals surface area contributed by atoms with Crippen molar-refractivity contribution in [3.8, 4) is 0 Å². The lowest BCUT2D eigenvalue weighted by molar-refractivity contribution is 0.0531. The molecule has 1 aromatic carbocycles. The van der Waals surface area contributed by atoms with E-state index >= 15 is 0 Å². The van der Waals surface area contributed by atoms with Crippen molar-refractivity contribution in [3.05, 3.63) is 62.0 Å². The van der Waals surface area contributed by atoms with Gasteiger partial charge in [-0.3, -0.25) is 4.79 Å². The van der Waals surface area contributed by atoms with E-state index < -0.39 is 5.97 Å². The van der Waals surface area contributed by atoms with Gasteiger partial charge in [-0.05, 0) is 36.0 Å². The highest BCUT2D eigenvalue weighted by Gasteiger charge is 2.20. The van der Waals surface area contributed by atoms with Crippen LogP contribution in [0, 0.1) is 6.92 Å². The Morgan fingerprint density at radius 1 is 1.22 bits per heavy atom. The molecule has 0 radical (unpaired) electrons. The number of hydrogen-bond acceptors (Lipinski definition) is 5. The van der Waals surface area contributed by atoms with E-state index in [2.05, 4.69) is 55.0 Å². The number of nitrogens with one attached hydrogen (secondary N) is 1. The third-order valence-electron chi connectivity index (χ3n) is 4.50. The predicted molar refractivity (Wildman–Crippen MR) is 109 cm³/mol. The highest BCUT2D eigenvalue weighted by atomic mass is 32.1. The molecule has 0 saturated carbocycles. The minimum absolute atomic E-state index is 0.0992. The van der Waals surface area contributed by atoms with Gasteiger partial charge in [0.25, 0.3) is 5.56 Å². The molecule has 3 rings (SSSR count). The number of hydrogen-bond donors (Lipinski definition) is 1. The number of H-pyrrole nitrogens is 1. The van der Waals surface area contributed by atoms with E-state index in [-0.39, 0.29) is 11.0 Å². The standard InChI is InChI=1S/C21H24N2O3S/c1-6-26-20(25)17-12(2)16-18(24)22-15(23-19(16)27-17)11-13-7-9-14(10-8-13)21(3,4)5/h7-10H,6,11H2,1-5H3,(H,22,23,24). The van der Waals surface area contributed by atoms with E-state index in [1.54, 1.807) is 13.8 Å². The zero-order valence-corrected chi connectivity index (χ0v) is 17.1. The van der Waals surface area contributed by atoms with Crippen LogP contribution >= 0.6 is 11.3 Å². The Morgan fingerprint density at radius 3 is 2.48 bits per heavy atom. The van der Waals surface area contributed by atoms with Gasteiger partial charge < -0.3 is 9.72 Å². The summed E-state index contributed by atoms with van der Waals surface area (Å²) in [6.07, 6.45) is 0.529. The van der Waals surface area contributed by atoms with Gasteiger partial charge in [-0.25, -0.2) is 9.78 Å². The van der Waals surface area contributed by atoms with Gasteiger partial charge in [0.2, 0.25) is 0 Å². The van der Waals surface area contributed by atoms with Crippen LogP contribution in [0.15, 0.2) is 29.1 Å². The van der Waals surface area contributed by atoms with E-state index in [1.165, 1.54) is 16.9 Å². The number of benzene rings is 1. The second-order valence-corrected chi connectivity index (χ2v) is 8.59. The van der Waals surface area contributed by atoms with Crippen molar-refractivity contribution in [2.45, 2.75) is 46.5 Å². The number of fused-ring (bicyclic) bond motifs is 1. The van der Waals surface area contributed by atoms with Crippen molar-refractivity contribution < 1.29 is 9.53 Å². The first-order valence-electron chi connectivity index (χ1n) is 8.99. The number of aromatic nitrogens is 2. The van der Waals surface area contributed by atoms with Crippen LogP contribution in [0.5, 0.6) is 0 Å². The number of aryl methyl sites for hydroxylation is 1.